The molecule has 2 rings (SSSR count). The first kappa shape index (κ1) is 19.9. The molecule has 7 heteroatoms. The summed E-state index contributed by atoms with van der Waals surface area (Å²) in [5, 5.41) is 4.57. The average molecular weight is 372 g/mol. The van der Waals surface area contributed by atoms with E-state index in [-0.39, 0.29) is 11.7 Å². The third-order valence-electron chi connectivity index (χ3n) is 3.34. The van der Waals surface area contributed by atoms with Crippen molar-refractivity contribution in [2.45, 2.75) is 38.8 Å². The van der Waals surface area contributed by atoms with Gasteiger partial charge in [-0.2, -0.15) is 5.10 Å². The molecule has 0 aliphatic carbocycles. The SMILES string of the molecule is CCCCOc1ccc(/C=N/NC(=O)CSc2nc(C)cc(C)n2)cc1. The third-order valence-corrected chi connectivity index (χ3v) is 4.19. The fourth-order valence-corrected chi connectivity index (χ4v) is 2.83. The number of benzene rings is 1. The van der Waals surface area contributed by atoms with Crippen molar-refractivity contribution in [1.82, 2.24) is 15.4 Å². The first-order valence-corrected chi connectivity index (χ1v) is 9.55. The van der Waals surface area contributed by atoms with Gasteiger partial charge in [0.05, 0.1) is 18.6 Å². The van der Waals surface area contributed by atoms with Gasteiger partial charge in [-0.1, -0.05) is 25.1 Å². The van der Waals surface area contributed by atoms with Crippen LogP contribution in [0.4, 0.5) is 0 Å². The summed E-state index contributed by atoms with van der Waals surface area (Å²) in [7, 11) is 0. The zero-order valence-electron chi connectivity index (χ0n) is 15.4. The summed E-state index contributed by atoms with van der Waals surface area (Å²) in [5.41, 5.74) is 5.18. The first-order chi connectivity index (χ1) is 12.6. The van der Waals surface area contributed by atoms with Crippen LogP contribution in [0, 0.1) is 13.8 Å². The Hall–Kier alpha value is -2.41. The number of nitrogens with one attached hydrogen (secondary N) is 1. The lowest BCUT2D eigenvalue weighted by Crippen LogP contribution is -2.19. The number of ether oxygens (including phenoxy) is 1. The first-order valence-electron chi connectivity index (χ1n) is 8.56. The maximum absolute atomic E-state index is 11.9. The summed E-state index contributed by atoms with van der Waals surface area (Å²) < 4.78 is 5.61. The average Bonchev–Trinajstić information content (AvgIpc) is 2.61. The Bertz CT molecular complexity index is 727. The van der Waals surface area contributed by atoms with Crippen LogP contribution in [-0.4, -0.2) is 34.4 Å². The number of rotatable bonds is 9. The number of nitrogens with zero attached hydrogens (tertiary/aromatic N) is 3. The second-order valence-electron chi connectivity index (χ2n) is 5.79. The van der Waals surface area contributed by atoms with Crippen molar-refractivity contribution in [3.63, 3.8) is 0 Å². The van der Waals surface area contributed by atoms with Crippen LogP contribution in [0.2, 0.25) is 0 Å². The topological polar surface area (TPSA) is 76.5 Å². The minimum absolute atomic E-state index is 0.200. The molecule has 0 radical (unpaired) electrons. The molecule has 0 atom stereocenters. The highest BCUT2D eigenvalue weighted by molar-refractivity contribution is 7.99. The van der Waals surface area contributed by atoms with Crippen LogP contribution < -0.4 is 10.2 Å². The molecule has 2 aromatic rings. The molecule has 1 heterocycles. The second-order valence-corrected chi connectivity index (χ2v) is 6.73. The molecule has 138 valence electrons. The fraction of sp³-hybridized carbons (Fsp3) is 0.368. The van der Waals surface area contributed by atoms with Gasteiger partial charge in [-0.15, -0.1) is 0 Å². The van der Waals surface area contributed by atoms with Crippen molar-refractivity contribution in [3.8, 4) is 5.75 Å². The Labute approximate surface area is 158 Å². The minimum Gasteiger partial charge on any atom is -0.494 e. The van der Waals surface area contributed by atoms with Crippen molar-refractivity contribution in [3.05, 3.63) is 47.3 Å². The number of hydrogen-bond donors (Lipinski definition) is 1. The van der Waals surface area contributed by atoms with Gasteiger partial charge in [-0.25, -0.2) is 15.4 Å². The standard InChI is InChI=1S/C19H24N4O2S/c1-4-5-10-25-17-8-6-16(7-9-17)12-20-23-18(24)13-26-19-21-14(2)11-15(3)22-19/h6-9,11-12H,4-5,10,13H2,1-3H3,(H,23,24)/b20-12+. The normalized spacial score (nSPS) is 10.9. The maximum atomic E-state index is 11.9. The van der Waals surface area contributed by atoms with Crippen LogP contribution in [0.25, 0.3) is 0 Å². The van der Waals surface area contributed by atoms with Crippen molar-refractivity contribution < 1.29 is 9.53 Å². The molecule has 1 aromatic heterocycles. The zero-order chi connectivity index (χ0) is 18.8. The Morgan fingerprint density at radius 2 is 1.92 bits per heavy atom. The van der Waals surface area contributed by atoms with E-state index in [4.69, 9.17) is 4.74 Å². The molecule has 26 heavy (non-hydrogen) atoms. The van der Waals surface area contributed by atoms with Gasteiger partial charge in [-0.05, 0) is 56.2 Å². The quantitative estimate of drug-likeness (QED) is 0.240. The van der Waals surface area contributed by atoms with Gasteiger partial charge in [0.25, 0.3) is 5.91 Å². The molecule has 1 aromatic carbocycles. The Kier molecular flexibility index (Phi) is 8.08. The molecule has 0 saturated heterocycles. The lowest BCUT2D eigenvalue weighted by molar-refractivity contribution is -0.118. The molecule has 0 unspecified atom stereocenters. The number of thioether (sulfide) groups is 1. The Morgan fingerprint density at radius 1 is 1.23 bits per heavy atom. The van der Waals surface area contributed by atoms with E-state index in [1.54, 1.807) is 6.21 Å². The summed E-state index contributed by atoms with van der Waals surface area (Å²) >= 11 is 1.29. The molecular weight excluding hydrogens is 348 g/mol. The van der Waals surface area contributed by atoms with Gasteiger partial charge in [0.2, 0.25) is 0 Å². The van der Waals surface area contributed by atoms with E-state index in [9.17, 15) is 4.79 Å². The molecule has 1 N–H and O–H groups in total. The van der Waals surface area contributed by atoms with E-state index in [0.717, 1.165) is 42.1 Å². The molecule has 1 amide bonds. The largest absolute Gasteiger partial charge is 0.494 e. The van der Waals surface area contributed by atoms with Crippen LogP contribution in [0.3, 0.4) is 0 Å². The number of aromatic nitrogens is 2. The number of carbonyl (C=O) groups is 1. The number of amides is 1. The molecule has 0 spiro atoms. The van der Waals surface area contributed by atoms with Crippen LogP contribution >= 0.6 is 11.8 Å². The van der Waals surface area contributed by atoms with Gasteiger partial charge < -0.3 is 4.74 Å². The molecule has 0 bridgehead atoms. The number of carbonyl (C=O) groups excluding carboxylic acids is 1. The van der Waals surface area contributed by atoms with Gasteiger partial charge in [0.15, 0.2) is 5.16 Å². The number of aryl methyl sites for hydroxylation is 2. The van der Waals surface area contributed by atoms with Crippen LogP contribution in [0.15, 0.2) is 40.6 Å². The van der Waals surface area contributed by atoms with E-state index < -0.39 is 0 Å². The van der Waals surface area contributed by atoms with Gasteiger partial charge >= 0.3 is 0 Å². The van der Waals surface area contributed by atoms with Crippen LogP contribution in [-0.2, 0) is 4.79 Å². The summed E-state index contributed by atoms with van der Waals surface area (Å²) in [6.45, 7) is 6.67. The number of hydrazone groups is 1. The maximum Gasteiger partial charge on any atom is 0.250 e. The van der Waals surface area contributed by atoms with E-state index in [1.807, 2.05) is 44.2 Å². The van der Waals surface area contributed by atoms with Crippen LogP contribution in [0.5, 0.6) is 5.75 Å². The predicted molar refractivity (Wildman–Crippen MR) is 105 cm³/mol. The fourth-order valence-electron chi connectivity index (χ4n) is 2.08. The predicted octanol–water partition coefficient (Wildman–Crippen LogP) is 3.51. The summed E-state index contributed by atoms with van der Waals surface area (Å²) in [4.78, 5) is 20.4. The van der Waals surface area contributed by atoms with Gasteiger partial charge in [-0.3, -0.25) is 4.79 Å². The van der Waals surface area contributed by atoms with Gasteiger partial charge in [0.1, 0.15) is 5.75 Å². The molecule has 0 aliphatic heterocycles. The van der Waals surface area contributed by atoms with Crippen molar-refractivity contribution in [2.75, 3.05) is 12.4 Å². The highest BCUT2D eigenvalue weighted by Crippen LogP contribution is 2.14. The van der Waals surface area contributed by atoms with E-state index in [0.29, 0.717) is 5.16 Å². The lowest BCUT2D eigenvalue weighted by Gasteiger charge is -2.05. The highest BCUT2D eigenvalue weighted by Gasteiger charge is 2.05. The van der Waals surface area contributed by atoms with Crippen molar-refractivity contribution in [2.24, 2.45) is 5.10 Å². The molecular formula is C19H24N4O2S. The molecule has 6 nitrogen and oxygen atoms in total. The number of unbranched alkanes of at least 4 members (excludes halogenated alkanes) is 1. The minimum atomic E-state index is -0.200. The smallest absolute Gasteiger partial charge is 0.250 e. The highest BCUT2D eigenvalue weighted by atomic mass is 32.2. The van der Waals surface area contributed by atoms with Crippen molar-refractivity contribution in [1.29, 1.82) is 0 Å². The van der Waals surface area contributed by atoms with Crippen LogP contribution in [0.1, 0.15) is 36.7 Å². The van der Waals surface area contributed by atoms with E-state index in [2.05, 4.69) is 27.4 Å². The Morgan fingerprint density at radius 3 is 2.58 bits per heavy atom. The Balaban J connectivity index is 1.75. The molecule has 0 aliphatic rings. The second kappa shape index (κ2) is 10.6. The third kappa shape index (κ3) is 7.23. The number of hydrogen-bond acceptors (Lipinski definition) is 6. The summed E-state index contributed by atoms with van der Waals surface area (Å²) in [6.07, 6.45) is 3.75. The van der Waals surface area contributed by atoms with E-state index >= 15 is 0 Å². The van der Waals surface area contributed by atoms with Gasteiger partial charge in [0, 0.05) is 11.4 Å². The lowest BCUT2D eigenvalue weighted by atomic mass is 10.2. The van der Waals surface area contributed by atoms with E-state index in [1.165, 1.54) is 11.8 Å². The summed E-state index contributed by atoms with van der Waals surface area (Å²) in [6, 6.07) is 9.48. The monoisotopic (exact) mass is 372 g/mol. The summed E-state index contributed by atoms with van der Waals surface area (Å²) in [5.74, 6) is 0.850. The zero-order valence-corrected chi connectivity index (χ0v) is 16.2. The molecule has 0 fully saturated rings. The molecule has 0 saturated carbocycles. The van der Waals surface area contributed by atoms with Crippen molar-refractivity contribution >= 4 is 23.9 Å².